The summed E-state index contributed by atoms with van der Waals surface area (Å²) in [6, 6.07) is 0.829. The molecular weight excluding hydrogens is 252 g/mol. The van der Waals surface area contributed by atoms with Crippen LogP contribution in [0.1, 0.15) is 67.2 Å². The van der Waals surface area contributed by atoms with Crippen molar-refractivity contribution in [3.05, 3.63) is 0 Å². The zero-order chi connectivity index (χ0) is 15.4. The molecule has 2 unspecified atom stereocenters. The van der Waals surface area contributed by atoms with Crippen molar-refractivity contribution in [2.45, 2.75) is 84.9 Å². The van der Waals surface area contributed by atoms with Crippen LogP contribution in [-0.4, -0.2) is 30.3 Å². The lowest BCUT2D eigenvalue weighted by Crippen LogP contribution is -2.47. The molecule has 1 fully saturated rings. The number of amides is 1. The maximum Gasteiger partial charge on any atom is 0.407 e. The van der Waals surface area contributed by atoms with Gasteiger partial charge in [0.2, 0.25) is 0 Å². The highest BCUT2D eigenvalue weighted by Gasteiger charge is 2.28. The van der Waals surface area contributed by atoms with E-state index >= 15 is 0 Å². The minimum atomic E-state index is -0.436. The molecule has 2 atom stereocenters. The van der Waals surface area contributed by atoms with E-state index in [2.05, 4.69) is 31.4 Å². The van der Waals surface area contributed by atoms with Crippen molar-refractivity contribution >= 4 is 6.09 Å². The summed E-state index contributed by atoms with van der Waals surface area (Å²) in [4.78, 5) is 11.6. The molecule has 118 valence electrons. The molecule has 4 nitrogen and oxygen atoms in total. The highest BCUT2D eigenvalue weighted by Crippen LogP contribution is 2.35. The number of rotatable bonds is 4. The molecule has 20 heavy (non-hydrogen) atoms. The van der Waals surface area contributed by atoms with Crippen LogP contribution in [0.4, 0.5) is 4.79 Å². The Kier molecular flexibility index (Phi) is 5.87. The number of alkyl carbamates (subject to hydrolysis) is 1. The summed E-state index contributed by atoms with van der Waals surface area (Å²) in [5.74, 6) is 0. The number of carbonyl (C=O) groups excluding carboxylic acids is 1. The van der Waals surface area contributed by atoms with E-state index in [-0.39, 0.29) is 12.1 Å². The Balaban J connectivity index is 2.26. The molecule has 1 aliphatic rings. The van der Waals surface area contributed by atoms with Crippen molar-refractivity contribution < 1.29 is 9.53 Å². The van der Waals surface area contributed by atoms with Gasteiger partial charge in [-0.15, -0.1) is 0 Å². The average molecular weight is 284 g/mol. The number of hydrogen-bond acceptors (Lipinski definition) is 3. The van der Waals surface area contributed by atoms with Gasteiger partial charge in [0.25, 0.3) is 0 Å². The van der Waals surface area contributed by atoms with Crippen LogP contribution in [0.5, 0.6) is 0 Å². The van der Waals surface area contributed by atoms with Crippen LogP contribution in [0.25, 0.3) is 0 Å². The molecule has 0 radical (unpaired) electrons. The van der Waals surface area contributed by atoms with Gasteiger partial charge in [0.15, 0.2) is 0 Å². The second kappa shape index (κ2) is 6.79. The standard InChI is InChI=1S/C16H32N2O2/c1-12(11-17-14(19)20-15(2,3)4)18-13-8-7-9-16(5,6)10-13/h12-13,18H,7-11H2,1-6H3,(H,17,19). The first kappa shape index (κ1) is 17.3. The quantitative estimate of drug-likeness (QED) is 0.831. The van der Waals surface area contributed by atoms with Crippen LogP contribution in [0.3, 0.4) is 0 Å². The molecule has 1 rings (SSSR count). The number of nitrogens with one attached hydrogen (secondary N) is 2. The summed E-state index contributed by atoms with van der Waals surface area (Å²) in [5, 5.41) is 6.45. The molecule has 2 N–H and O–H groups in total. The second-order valence-corrected chi connectivity index (χ2v) is 7.91. The molecule has 1 saturated carbocycles. The molecular formula is C16H32N2O2. The summed E-state index contributed by atoms with van der Waals surface area (Å²) in [6.07, 6.45) is 4.71. The van der Waals surface area contributed by atoms with E-state index in [4.69, 9.17) is 4.74 Å². The van der Waals surface area contributed by atoms with Gasteiger partial charge in [-0.1, -0.05) is 20.3 Å². The van der Waals surface area contributed by atoms with Crippen LogP contribution in [0.2, 0.25) is 0 Å². The van der Waals surface area contributed by atoms with Crippen molar-refractivity contribution in [1.29, 1.82) is 0 Å². The summed E-state index contributed by atoms with van der Waals surface area (Å²) in [5.41, 5.74) is 0.00236. The van der Waals surface area contributed by atoms with Gasteiger partial charge in [-0.25, -0.2) is 4.79 Å². The fourth-order valence-corrected chi connectivity index (χ4v) is 2.85. The van der Waals surface area contributed by atoms with E-state index in [1.807, 2.05) is 20.8 Å². The van der Waals surface area contributed by atoms with Crippen molar-refractivity contribution in [1.82, 2.24) is 10.6 Å². The van der Waals surface area contributed by atoms with E-state index in [0.717, 1.165) is 0 Å². The first-order chi connectivity index (χ1) is 9.07. The minimum absolute atomic E-state index is 0.265. The smallest absolute Gasteiger partial charge is 0.407 e. The van der Waals surface area contributed by atoms with E-state index in [0.29, 0.717) is 18.0 Å². The van der Waals surface area contributed by atoms with Crippen LogP contribution >= 0.6 is 0 Å². The molecule has 0 spiro atoms. The van der Waals surface area contributed by atoms with Gasteiger partial charge in [-0.2, -0.15) is 0 Å². The zero-order valence-corrected chi connectivity index (χ0v) is 14.0. The lowest BCUT2D eigenvalue weighted by atomic mass is 9.75. The van der Waals surface area contributed by atoms with Crippen molar-refractivity contribution in [2.75, 3.05) is 6.54 Å². The van der Waals surface area contributed by atoms with Crippen LogP contribution < -0.4 is 10.6 Å². The van der Waals surface area contributed by atoms with Crippen LogP contribution in [0.15, 0.2) is 0 Å². The predicted octanol–water partition coefficient (Wildman–Crippen LogP) is 3.46. The largest absolute Gasteiger partial charge is 0.444 e. The fraction of sp³-hybridized carbons (Fsp3) is 0.938. The Bertz CT molecular complexity index is 321. The Hall–Kier alpha value is -0.770. The van der Waals surface area contributed by atoms with Crippen molar-refractivity contribution in [3.63, 3.8) is 0 Å². The van der Waals surface area contributed by atoms with E-state index in [1.54, 1.807) is 0 Å². The first-order valence-electron chi connectivity index (χ1n) is 7.80. The van der Waals surface area contributed by atoms with Gasteiger partial charge < -0.3 is 15.4 Å². The predicted molar refractivity (Wildman–Crippen MR) is 82.9 cm³/mol. The van der Waals surface area contributed by atoms with E-state index < -0.39 is 5.60 Å². The lowest BCUT2D eigenvalue weighted by molar-refractivity contribution is 0.0521. The van der Waals surface area contributed by atoms with Crippen LogP contribution in [-0.2, 0) is 4.74 Å². The number of ether oxygens (including phenoxy) is 1. The van der Waals surface area contributed by atoms with Gasteiger partial charge in [-0.05, 0) is 52.4 Å². The topological polar surface area (TPSA) is 50.4 Å². The Morgan fingerprint density at radius 2 is 2.05 bits per heavy atom. The second-order valence-electron chi connectivity index (χ2n) is 7.91. The third-order valence-corrected chi connectivity index (χ3v) is 3.68. The first-order valence-corrected chi connectivity index (χ1v) is 7.80. The Labute approximate surface area is 124 Å². The molecule has 0 saturated heterocycles. The molecule has 0 aliphatic heterocycles. The maximum atomic E-state index is 11.6. The highest BCUT2D eigenvalue weighted by atomic mass is 16.6. The minimum Gasteiger partial charge on any atom is -0.444 e. The Morgan fingerprint density at radius 1 is 1.40 bits per heavy atom. The van der Waals surface area contributed by atoms with Gasteiger partial charge >= 0.3 is 6.09 Å². The van der Waals surface area contributed by atoms with Crippen molar-refractivity contribution in [2.24, 2.45) is 5.41 Å². The molecule has 0 aromatic carbocycles. The average Bonchev–Trinajstić information content (AvgIpc) is 2.22. The summed E-state index contributed by atoms with van der Waals surface area (Å²) in [6.45, 7) is 13.0. The molecule has 1 aliphatic carbocycles. The summed E-state index contributed by atoms with van der Waals surface area (Å²) < 4.78 is 5.23. The van der Waals surface area contributed by atoms with E-state index in [9.17, 15) is 4.79 Å². The summed E-state index contributed by atoms with van der Waals surface area (Å²) in [7, 11) is 0. The summed E-state index contributed by atoms with van der Waals surface area (Å²) >= 11 is 0. The SMILES string of the molecule is CC(CNC(=O)OC(C)(C)C)NC1CCCC(C)(C)C1. The maximum absolute atomic E-state index is 11.6. The van der Waals surface area contributed by atoms with Gasteiger partial charge in [-0.3, -0.25) is 0 Å². The van der Waals surface area contributed by atoms with E-state index in [1.165, 1.54) is 25.7 Å². The molecule has 4 heteroatoms. The lowest BCUT2D eigenvalue weighted by Gasteiger charge is -2.37. The fourth-order valence-electron chi connectivity index (χ4n) is 2.85. The van der Waals surface area contributed by atoms with Crippen molar-refractivity contribution in [3.8, 4) is 0 Å². The van der Waals surface area contributed by atoms with Crippen LogP contribution in [0, 0.1) is 5.41 Å². The van der Waals surface area contributed by atoms with Gasteiger partial charge in [0, 0.05) is 18.6 Å². The van der Waals surface area contributed by atoms with Gasteiger partial charge in [0.1, 0.15) is 5.60 Å². The zero-order valence-electron chi connectivity index (χ0n) is 14.0. The highest BCUT2D eigenvalue weighted by molar-refractivity contribution is 5.67. The number of hydrogen-bond donors (Lipinski definition) is 2. The number of carbonyl (C=O) groups is 1. The third-order valence-electron chi connectivity index (χ3n) is 3.68. The third kappa shape index (κ3) is 7.13. The van der Waals surface area contributed by atoms with Gasteiger partial charge in [0.05, 0.1) is 0 Å². The Morgan fingerprint density at radius 3 is 2.60 bits per heavy atom. The molecule has 0 aromatic heterocycles. The molecule has 1 amide bonds. The normalized spacial score (nSPS) is 24.0. The molecule has 0 bridgehead atoms. The monoisotopic (exact) mass is 284 g/mol. The molecule has 0 heterocycles. The molecule has 0 aromatic rings.